The number of piperidine rings is 1. The Morgan fingerprint density at radius 3 is 2.67 bits per heavy atom. The summed E-state index contributed by atoms with van der Waals surface area (Å²) in [4.78, 5) is 14.5. The number of unbranched alkanes of at least 4 members (excludes halogenated alkanes) is 1. The van der Waals surface area contributed by atoms with Crippen molar-refractivity contribution in [1.29, 1.82) is 0 Å². The molecule has 1 aliphatic carbocycles. The molecule has 0 radical (unpaired) electrons. The molecule has 150 valence electrons. The number of rotatable bonds is 8. The zero-order valence-electron chi connectivity index (χ0n) is 16.2. The molecule has 3 unspecified atom stereocenters. The number of likely N-dealkylation sites (tertiary alicyclic amines) is 1. The fourth-order valence-electron chi connectivity index (χ4n) is 5.13. The first-order valence-electron chi connectivity index (χ1n) is 10.2. The van der Waals surface area contributed by atoms with Crippen LogP contribution in [0.2, 0.25) is 0 Å². The van der Waals surface area contributed by atoms with Crippen molar-refractivity contribution in [3.8, 4) is 0 Å². The maximum absolute atomic E-state index is 11.9. The van der Waals surface area contributed by atoms with E-state index in [1.165, 1.54) is 11.1 Å². The first-order chi connectivity index (χ1) is 13.0. The summed E-state index contributed by atoms with van der Waals surface area (Å²) in [5, 5.41) is 18.5. The molecule has 0 aromatic heterocycles. The maximum Gasteiger partial charge on any atom is 0.323 e. The average molecular weight is 376 g/mol. The van der Waals surface area contributed by atoms with Crippen LogP contribution in [0.25, 0.3) is 0 Å². The van der Waals surface area contributed by atoms with Gasteiger partial charge in [0.25, 0.3) is 0 Å². The first-order valence-corrected chi connectivity index (χ1v) is 10.2. The molecule has 2 aliphatic rings. The van der Waals surface area contributed by atoms with Crippen molar-refractivity contribution in [3.05, 3.63) is 35.4 Å². The third kappa shape index (κ3) is 4.19. The molecule has 6 heteroatoms. The lowest BCUT2D eigenvalue weighted by Gasteiger charge is -2.43. The van der Waals surface area contributed by atoms with Gasteiger partial charge in [0, 0.05) is 12.6 Å². The number of hydroxylamine groups is 1. The van der Waals surface area contributed by atoms with Gasteiger partial charge in [-0.15, -0.1) is 0 Å². The minimum Gasteiger partial charge on any atom is -0.480 e. The normalized spacial score (nSPS) is 25.9. The predicted molar refractivity (Wildman–Crippen MR) is 105 cm³/mol. The standard InChI is InChI=1S/C21H33N3O3/c1-15-14-16-6-2-3-7-18(16)19(15)24-12-8-17(9-13-24)21(22,20(25)26)10-4-5-11-23-27/h2-3,6-7,15,17,19,23,27H,4-5,8-14,22H2,1H3,(H,25,26). The van der Waals surface area contributed by atoms with Gasteiger partial charge in [-0.1, -0.05) is 31.2 Å². The SMILES string of the molecule is CC1Cc2ccccc2C1N1CCC(C(N)(CCCCNO)C(=O)O)CC1. The topological polar surface area (TPSA) is 98.8 Å². The van der Waals surface area contributed by atoms with Crippen LogP contribution in [0, 0.1) is 11.8 Å². The van der Waals surface area contributed by atoms with Crippen LogP contribution in [0.15, 0.2) is 24.3 Å². The molecule has 5 N–H and O–H groups in total. The summed E-state index contributed by atoms with van der Waals surface area (Å²) in [7, 11) is 0. The van der Waals surface area contributed by atoms with E-state index in [1.54, 1.807) is 0 Å². The van der Waals surface area contributed by atoms with Crippen LogP contribution in [0.4, 0.5) is 0 Å². The van der Waals surface area contributed by atoms with E-state index in [0.717, 1.165) is 38.8 Å². The zero-order chi connectivity index (χ0) is 19.4. The van der Waals surface area contributed by atoms with Gasteiger partial charge in [0.1, 0.15) is 5.54 Å². The summed E-state index contributed by atoms with van der Waals surface area (Å²) in [6, 6.07) is 9.15. The van der Waals surface area contributed by atoms with Crippen molar-refractivity contribution in [1.82, 2.24) is 10.4 Å². The van der Waals surface area contributed by atoms with Gasteiger partial charge >= 0.3 is 5.97 Å². The van der Waals surface area contributed by atoms with Crippen LogP contribution in [0.5, 0.6) is 0 Å². The van der Waals surface area contributed by atoms with E-state index >= 15 is 0 Å². The van der Waals surface area contributed by atoms with Crippen molar-refractivity contribution in [2.24, 2.45) is 17.6 Å². The van der Waals surface area contributed by atoms with Gasteiger partial charge in [-0.2, -0.15) is 0 Å². The molecule has 1 saturated heterocycles. The number of aliphatic carboxylic acids is 1. The van der Waals surface area contributed by atoms with Gasteiger partial charge in [0.05, 0.1) is 0 Å². The van der Waals surface area contributed by atoms with Gasteiger partial charge < -0.3 is 16.0 Å². The molecular weight excluding hydrogens is 342 g/mol. The van der Waals surface area contributed by atoms with E-state index in [1.807, 2.05) is 0 Å². The molecule has 1 heterocycles. The summed E-state index contributed by atoms with van der Waals surface area (Å²) in [6.07, 6.45) is 4.65. The second kappa shape index (κ2) is 8.69. The van der Waals surface area contributed by atoms with Crippen LogP contribution < -0.4 is 11.2 Å². The number of hydrogen-bond donors (Lipinski definition) is 4. The third-order valence-corrected chi connectivity index (χ3v) is 6.63. The van der Waals surface area contributed by atoms with Crippen molar-refractivity contribution < 1.29 is 15.1 Å². The van der Waals surface area contributed by atoms with Crippen LogP contribution in [0.1, 0.15) is 56.2 Å². The Hall–Kier alpha value is -1.47. The molecule has 1 aromatic carbocycles. The Morgan fingerprint density at radius 2 is 2.00 bits per heavy atom. The third-order valence-electron chi connectivity index (χ3n) is 6.63. The number of carboxylic acid groups (broad SMARTS) is 1. The summed E-state index contributed by atoms with van der Waals surface area (Å²) in [5.74, 6) is -0.301. The number of nitrogens with two attached hydrogens (primary N) is 1. The van der Waals surface area contributed by atoms with Crippen molar-refractivity contribution >= 4 is 5.97 Å². The molecule has 1 aliphatic heterocycles. The van der Waals surface area contributed by atoms with Crippen molar-refractivity contribution in [2.75, 3.05) is 19.6 Å². The number of hydrogen-bond acceptors (Lipinski definition) is 5. The molecule has 0 amide bonds. The van der Waals surface area contributed by atoms with Crippen molar-refractivity contribution in [3.63, 3.8) is 0 Å². The number of nitrogens with one attached hydrogen (secondary N) is 1. The van der Waals surface area contributed by atoms with Crippen LogP contribution in [-0.2, 0) is 11.2 Å². The minimum atomic E-state index is -1.17. The summed E-state index contributed by atoms with van der Waals surface area (Å²) >= 11 is 0. The molecule has 27 heavy (non-hydrogen) atoms. The predicted octanol–water partition coefficient (Wildman–Crippen LogP) is 2.56. The largest absolute Gasteiger partial charge is 0.480 e. The molecule has 0 saturated carbocycles. The Kier molecular flexibility index (Phi) is 6.52. The van der Waals surface area contributed by atoms with Gasteiger partial charge in [-0.3, -0.25) is 9.69 Å². The molecule has 1 aromatic rings. The fraction of sp³-hybridized carbons (Fsp3) is 0.667. The second-order valence-corrected chi connectivity index (χ2v) is 8.35. The summed E-state index contributed by atoms with van der Waals surface area (Å²) < 4.78 is 0. The smallest absolute Gasteiger partial charge is 0.323 e. The zero-order valence-corrected chi connectivity index (χ0v) is 16.2. The maximum atomic E-state index is 11.9. The Labute approximate surface area is 161 Å². The second-order valence-electron chi connectivity index (χ2n) is 8.35. The van der Waals surface area contributed by atoms with E-state index in [4.69, 9.17) is 10.9 Å². The quantitative estimate of drug-likeness (QED) is 0.412. The highest BCUT2D eigenvalue weighted by molar-refractivity contribution is 5.79. The molecule has 6 nitrogen and oxygen atoms in total. The number of carbonyl (C=O) groups is 1. The highest BCUT2D eigenvalue weighted by Gasteiger charge is 2.44. The highest BCUT2D eigenvalue weighted by Crippen LogP contribution is 2.42. The molecule has 3 atom stereocenters. The van der Waals surface area contributed by atoms with E-state index in [9.17, 15) is 9.90 Å². The van der Waals surface area contributed by atoms with E-state index in [-0.39, 0.29) is 5.92 Å². The summed E-state index contributed by atoms with van der Waals surface area (Å²) in [5.41, 5.74) is 10.2. The van der Waals surface area contributed by atoms with Gasteiger partial charge in [-0.05, 0) is 74.6 Å². The van der Waals surface area contributed by atoms with E-state index < -0.39 is 11.5 Å². The molecule has 0 bridgehead atoms. The Morgan fingerprint density at radius 1 is 1.30 bits per heavy atom. The molecule has 1 fully saturated rings. The average Bonchev–Trinajstić information content (AvgIpc) is 3.00. The van der Waals surface area contributed by atoms with Crippen molar-refractivity contribution in [2.45, 2.75) is 57.0 Å². The lowest BCUT2D eigenvalue weighted by atomic mass is 9.75. The van der Waals surface area contributed by atoms with E-state index in [0.29, 0.717) is 31.3 Å². The van der Waals surface area contributed by atoms with Gasteiger partial charge in [0.15, 0.2) is 0 Å². The number of benzene rings is 1. The van der Waals surface area contributed by atoms with Crippen LogP contribution in [0.3, 0.4) is 0 Å². The Balaban J connectivity index is 1.63. The molecule has 3 rings (SSSR count). The molecule has 0 spiro atoms. The fourth-order valence-corrected chi connectivity index (χ4v) is 5.13. The number of carboxylic acids is 1. The Bertz CT molecular complexity index is 645. The monoisotopic (exact) mass is 375 g/mol. The van der Waals surface area contributed by atoms with Gasteiger partial charge in [-0.25, -0.2) is 5.48 Å². The van der Waals surface area contributed by atoms with E-state index in [2.05, 4.69) is 41.6 Å². The van der Waals surface area contributed by atoms with Gasteiger partial charge in [0.2, 0.25) is 0 Å². The lowest BCUT2D eigenvalue weighted by molar-refractivity contribution is -0.147. The highest BCUT2D eigenvalue weighted by atomic mass is 16.5. The van der Waals surface area contributed by atoms with Crippen LogP contribution in [-0.4, -0.2) is 46.4 Å². The first kappa shape index (κ1) is 20.3. The van der Waals surface area contributed by atoms with Crippen LogP contribution >= 0.6 is 0 Å². The molecular formula is C21H33N3O3. The summed E-state index contributed by atoms with van der Waals surface area (Å²) in [6.45, 7) is 4.58. The number of fused-ring (bicyclic) bond motifs is 1. The number of nitrogens with zero attached hydrogens (tertiary/aromatic N) is 1. The minimum absolute atomic E-state index is 0.000267. The lowest BCUT2D eigenvalue weighted by Crippen LogP contribution is -2.57.